The third-order valence-electron chi connectivity index (χ3n) is 4.93. The van der Waals surface area contributed by atoms with E-state index >= 15 is 0 Å². The number of benzene rings is 1. The standard InChI is InChI=1S/C21H23ClN4O3S/c1-3-28-17-10-13(20-23-8-9-26(20)2)4-5-15(17)16-11-14(29-25-16)12-24-21(27)18-6-7-19(22)30-18/h4-7,10,14H,3,8-9,11-12H2,1-2H3,(H,24,27)/t14-/m0/s1. The number of amidine groups is 1. The second-order valence-corrected chi connectivity index (χ2v) is 8.77. The predicted octanol–water partition coefficient (Wildman–Crippen LogP) is 3.42. The first-order chi connectivity index (χ1) is 14.5. The Balaban J connectivity index is 1.42. The number of nitrogens with zero attached hydrogens (tertiary/aromatic N) is 3. The van der Waals surface area contributed by atoms with Crippen LogP contribution in [0.25, 0.3) is 0 Å². The van der Waals surface area contributed by atoms with Crippen LogP contribution in [0, 0.1) is 0 Å². The SMILES string of the molecule is CCOc1cc(C2=NCCN2C)ccc1C1=NO[C@H](CNC(=O)c2ccc(Cl)s2)C1. The second kappa shape index (κ2) is 9.06. The Morgan fingerprint density at radius 3 is 2.97 bits per heavy atom. The van der Waals surface area contributed by atoms with Crippen molar-refractivity contribution in [2.75, 3.05) is 33.3 Å². The van der Waals surface area contributed by atoms with Gasteiger partial charge in [-0.25, -0.2) is 0 Å². The van der Waals surface area contributed by atoms with E-state index in [1.54, 1.807) is 12.1 Å². The lowest BCUT2D eigenvalue weighted by Crippen LogP contribution is -2.31. The number of aliphatic imine (C=N–C) groups is 1. The Hall–Kier alpha value is -2.58. The van der Waals surface area contributed by atoms with Crippen molar-refractivity contribution < 1.29 is 14.4 Å². The smallest absolute Gasteiger partial charge is 0.261 e. The van der Waals surface area contributed by atoms with E-state index in [1.807, 2.05) is 32.2 Å². The van der Waals surface area contributed by atoms with Gasteiger partial charge in [0, 0.05) is 31.1 Å². The van der Waals surface area contributed by atoms with Crippen molar-refractivity contribution in [2.24, 2.45) is 10.1 Å². The number of rotatable bonds is 7. The minimum atomic E-state index is -0.223. The number of carbonyl (C=O) groups excluding carboxylic acids is 1. The molecule has 3 heterocycles. The molecular formula is C21H23ClN4O3S. The van der Waals surface area contributed by atoms with E-state index in [-0.39, 0.29) is 12.0 Å². The predicted molar refractivity (Wildman–Crippen MR) is 119 cm³/mol. The Bertz CT molecular complexity index is 1000. The van der Waals surface area contributed by atoms with Crippen LogP contribution in [0.5, 0.6) is 5.75 Å². The number of hydrogen-bond acceptors (Lipinski definition) is 7. The van der Waals surface area contributed by atoms with Gasteiger partial charge in [-0.15, -0.1) is 11.3 Å². The van der Waals surface area contributed by atoms with Crippen molar-refractivity contribution in [1.82, 2.24) is 10.2 Å². The monoisotopic (exact) mass is 446 g/mol. The molecule has 0 saturated carbocycles. The third kappa shape index (κ3) is 4.44. The molecule has 1 aromatic carbocycles. The number of ether oxygens (including phenoxy) is 1. The number of amides is 1. The summed E-state index contributed by atoms with van der Waals surface area (Å²) < 4.78 is 6.48. The summed E-state index contributed by atoms with van der Waals surface area (Å²) >= 11 is 7.14. The second-order valence-electron chi connectivity index (χ2n) is 7.05. The molecule has 0 radical (unpaired) electrons. The number of thiophene rings is 1. The summed E-state index contributed by atoms with van der Waals surface area (Å²) in [4.78, 5) is 25.1. The molecule has 0 spiro atoms. The van der Waals surface area contributed by atoms with Gasteiger partial charge in [0.1, 0.15) is 17.7 Å². The van der Waals surface area contributed by atoms with Crippen LogP contribution in [0.15, 0.2) is 40.5 Å². The Morgan fingerprint density at radius 1 is 1.40 bits per heavy atom. The summed E-state index contributed by atoms with van der Waals surface area (Å²) in [7, 11) is 2.04. The summed E-state index contributed by atoms with van der Waals surface area (Å²) in [6.45, 7) is 4.61. The molecule has 9 heteroatoms. The number of nitrogens with one attached hydrogen (secondary N) is 1. The van der Waals surface area contributed by atoms with E-state index in [0.29, 0.717) is 28.8 Å². The largest absolute Gasteiger partial charge is 0.493 e. The van der Waals surface area contributed by atoms with Gasteiger partial charge in [0.05, 0.1) is 34.6 Å². The molecule has 0 aliphatic carbocycles. The number of hydrogen-bond donors (Lipinski definition) is 1. The lowest BCUT2D eigenvalue weighted by Gasteiger charge is -2.16. The molecule has 2 aliphatic heterocycles. The van der Waals surface area contributed by atoms with Crippen LogP contribution < -0.4 is 10.1 Å². The van der Waals surface area contributed by atoms with Crippen LogP contribution in [0.2, 0.25) is 4.34 Å². The van der Waals surface area contributed by atoms with Crippen molar-refractivity contribution in [1.29, 1.82) is 0 Å². The Labute approximate surface area is 184 Å². The van der Waals surface area contributed by atoms with Crippen molar-refractivity contribution in [3.8, 4) is 5.75 Å². The zero-order chi connectivity index (χ0) is 21.1. The maximum Gasteiger partial charge on any atom is 0.261 e. The highest BCUT2D eigenvalue weighted by molar-refractivity contribution is 7.18. The van der Waals surface area contributed by atoms with Gasteiger partial charge < -0.3 is 19.8 Å². The van der Waals surface area contributed by atoms with E-state index in [2.05, 4.69) is 20.4 Å². The van der Waals surface area contributed by atoms with Gasteiger partial charge in [-0.1, -0.05) is 22.8 Å². The van der Waals surface area contributed by atoms with Crippen LogP contribution in [0.3, 0.4) is 0 Å². The summed E-state index contributed by atoms with van der Waals surface area (Å²) in [6, 6.07) is 9.48. The summed E-state index contributed by atoms with van der Waals surface area (Å²) in [5.74, 6) is 1.57. The highest BCUT2D eigenvalue weighted by Gasteiger charge is 2.26. The normalized spacial score (nSPS) is 18.1. The lowest BCUT2D eigenvalue weighted by molar-refractivity contribution is 0.0755. The fourth-order valence-electron chi connectivity index (χ4n) is 3.45. The van der Waals surface area contributed by atoms with Crippen molar-refractivity contribution in [3.05, 3.63) is 50.7 Å². The van der Waals surface area contributed by atoms with E-state index in [1.165, 1.54) is 11.3 Å². The van der Waals surface area contributed by atoms with Gasteiger partial charge in [0.2, 0.25) is 0 Å². The van der Waals surface area contributed by atoms with Gasteiger partial charge in [0.15, 0.2) is 0 Å². The molecule has 1 N–H and O–H groups in total. The third-order valence-corrected chi connectivity index (χ3v) is 6.16. The van der Waals surface area contributed by atoms with Crippen LogP contribution >= 0.6 is 22.9 Å². The number of halogens is 1. The van der Waals surface area contributed by atoms with Gasteiger partial charge in [0.25, 0.3) is 5.91 Å². The highest BCUT2D eigenvalue weighted by atomic mass is 35.5. The molecule has 1 amide bonds. The van der Waals surface area contributed by atoms with Crippen LogP contribution in [-0.4, -0.2) is 61.7 Å². The van der Waals surface area contributed by atoms with Crippen molar-refractivity contribution in [3.63, 3.8) is 0 Å². The van der Waals surface area contributed by atoms with E-state index < -0.39 is 0 Å². The van der Waals surface area contributed by atoms with Gasteiger partial charge in [-0.05, 0) is 31.2 Å². The highest BCUT2D eigenvalue weighted by Crippen LogP contribution is 2.28. The van der Waals surface area contributed by atoms with Crippen molar-refractivity contribution in [2.45, 2.75) is 19.4 Å². The average molecular weight is 447 g/mol. The first-order valence-corrected chi connectivity index (χ1v) is 11.0. The molecule has 30 heavy (non-hydrogen) atoms. The molecule has 1 aromatic heterocycles. The summed E-state index contributed by atoms with van der Waals surface area (Å²) in [5.41, 5.74) is 2.74. The van der Waals surface area contributed by atoms with Crippen LogP contribution in [-0.2, 0) is 4.84 Å². The van der Waals surface area contributed by atoms with Gasteiger partial charge >= 0.3 is 0 Å². The molecule has 158 valence electrons. The molecule has 0 bridgehead atoms. The average Bonchev–Trinajstić information content (AvgIpc) is 3.47. The van der Waals surface area contributed by atoms with E-state index in [4.69, 9.17) is 21.2 Å². The fraction of sp³-hybridized carbons (Fsp3) is 0.381. The molecule has 0 saturated heterocycles. The molecule has 2 aromatic rings. The van der Waals surface area contributed by atoms with Gasteiger partial charge in [-0.3, -0.25) is 9.79 Å². The fourth-order valence-corrected chi connectivity index (χ4v) is 4.41. The lowest BCUT2D eigenvalue weighted by atomic mass is 10.0. The minimum absolute atomic E-state index is 0.162. The Morgan fingerprint density at radius 2 is 2.27 bits per heavy atom. The topological polar surface area (TPSA) is 75.5 Å². The first kappa shape index (κ1) is 20.7. The van der Waals surface area contributed by atoms with E-state index in [9.17, 15) is 4.79 Å². The zero-order valence-electron chi connectivity index (χ0n) is 16.9. The molecule has 7 nitrogen and oxygen atoms in total. The molecular weight excluding hydrogens is 424 g/mol. The first-order valence-electron chi connectivity index (χ1n) is 9.84. The summed E-state index contributed by atoms with van der Waals surface area (Å²) in [5, 5.41) is 7.13. The maximum atomic E-state index is 12.2. The van der Waals surface area contributed by atoms with Crippen LogP contribution in [0.1, 0.15) is 34.1 Å². The van der Waals surface area contributed by atoms with E-state index in [0.717, 1.165) is 41.5 Å². The molecule has 1 atom stereocenters. The summed E-state index contributed by atoms with van der Waals surface area (Å²) in [6.07, 6.45) is 0.366. The number of likely N-dealkylation sites (N-methyl/N-ethyl adjacent to an activating group) is 1. The number of oxime groups is 1. The quantitative estimate of drug-likeness (QED) is 0.707. The zero-order valence-corrected chi connectivity index (χ0v) is 18.4. The van der Waals surface area contributed by atoms with Gasteiger partial charge in [-0.2, -0.15) is 0 Å². The maximum absolute atomic E-state index is 12.2. The molecule has 2 aliphatic rings. The Kier molecular flexibility index (Phi) is 6.24. The number of carbonyl (C=O) groups is 1. The van der Waals surface area contributed by atoms with Crippen LogP contribution in [0.4, 0.5) is 0 Å². The minimum Gasteiger partial charge on any atom is -0.493 e. The van der Waals surface area contributed by atoms with Crippen molar-refractivity contribution >= 4 is 40.4 Å². The molecule has 0 fully saturated rings. The molecule has 0 unspecified atom stereocenters. The molecule has 4 rings (SSSR count).